The molecule has 51 heavy (non-hydrogen) atoms. The molecule has 0 aliphatic heterocycles. The van der Waals surface area contributed by atoms with Crippen molar-refractivity contribution in [1.82, 2.24) is 9.34 Å². The minimum absolute atomic E-state index is 0. The minimum atomic E-state index is -1.15. The highest BCUT2D eigenvalue weighted by molar-refractivity contribution is 7.78. The Morgan fingerprint density at radius 1 is 0.882 bits per heavy atom. The van der Waals surface area contributed by atoms with Gasteiger partial charge in [-0.3, -0.25) is 4.79 Å². The molecule has 0 radical (unpaired) electrons. The van der Waals surface area contributed by atoms with Crippen molar-refractivity contribution in [3.63, 3.8) is 0 Å². The predicted octanol–water partition coefficient (Wildman–Crippen LogP) is 7.31. The maximum atomic E-state index is 10.4. The molecule has 13 nitrogen and oxygen atoms in total. The Balaban J connectivity index is -0.0000000897. The van der Waals surface area contributed by atoms with Crippen molar-refractivity contribution in [2.45, 2.75) is 121 Å². The first-order chi connectivity index (χ1) is 24.8. The number of rotatable bonds is 18. The summed E-state index contributed by atoms with van der Waals surface area (Å²) in [7, 11) is 1.66. The molecule has 4 N–H and O–H groups in total. The summed E-state index contributed by atoms with van der Waals surface area (Å²) < 4.78 is 51.1. The van der Waals surface area contributed by atoms with Crippen molar-refractivity contribution in [3.8, 4) is 6.07 Å². The van der Waals surface area contributed by atoms with Crippen LogP contribution in [0.25, 0.3) is 4.85 Å². The number of methoxy groups -OCH3 is 1. The van der Waals surface area contributed by atoms with E-state index in [2.05, 4.69) is 84.5 Å². The van der Waals surface area contributed by atoms with Crippen molar-refractivity contribution in [2.75, 3.05) is 60.9 Å². The fourth-order valence-electron chi connectivity index (χ4n) is 2.97. The molecule has 0 heterocycles. The molecule has 0 saturated carbocycles. The lowest BCUT2D eigenvalue weighted by atomic mass is 10.2. The number of hydrogen-bond acceptors (Lipinski definition) is 12. The molecular formula is C33H77ClN4O9P2S2. The summed E-state index contributed by atoms with van der Waals surface area (Å²) in [6.45, 7) is 31.4. The van der Waals surface area contributed by atoms with E-state index in [4.69, 9.17) is 52.5 Å². The van der Waals surface area contributed by atoms with Gasteiger partial charge in [0, 0.05) is 47.7 Å². The molecule has 0 aromatic carbocycles. The minimum Gasteiger partial charge on any atom is -0.469 e. The van der Waals surface area contributed by atoms with E-state index in [0.29, 0.717) is 70.8 Å². The summed E-state index contributed by atoms with van der Waals surface area (Å²) in [6, 6.07) is 3.40. The second-order valence-electron chi connectivity index (χ2n) is 11.4. The molecule has 18 heteroatoms. The Hall–Kier alpha value is -0.0600. The summed E-state index contributed by atoms with van der Waals surface area (Å²) in [5, 5.41) is 31.9. The van der Waals surface area contributed by atoms with Crippen LogP contribution in [0.2, 0.25) is 0 Å². The van der Waals surface area contributed by atoms with Gasteiger partial charge in [0.2, 0.25) is 17.1 Å². The first-order valence-corrected chi connectivity index (χ1v) is 19.3. The average Bonchev–Trinajstić information content (AvgIpc) is 3.10. The van der Waals surface area contributed by atoms with Gasteiger partial charge in [-0.15, -0.1) is 0 Å². The number of carbonyl (C=O) groups is 1. The van der Waals surface area contributed by atoms with Crippen LogP contribution in [-0.2, 0) is 23.1 Å². The van der Waals surface area contributed by atoms with Crippen molar-refractivity contribution < 1.29 is 46.3 Å². The van der Waals surface area contributed by atoms with Crippen molar-refractivity contribution in [1.29, 1.82) is 8.12 Å². The highest BCUT2D eigenvalue weighted by atomic mass is 35.7. The topological polar surface area (TPSA) is 170 Å². The molecule has 0 aromatic heterocycles. The zero-order chi connectivity index (χ0) is 42.9. The predicted molar refractivity (Wildman–Crippen MR) is 226 cm³/mol. The van der Waals surface area contributed by atoms with Gasteiger partial charge in [0.25, 0.3) is 8.53 Å². The lowest BCUT2D eigenvalue weighted by Crippen LogP contribution is -2.34. The van der Waals surface area contributed by atoms with Gasteiger partial charge in [0.05, 0.1) is 45.3 Å². The van der Waals surface area contributed by atoms with Crippen molar-refractivity contribution in [2.24, 2.45) is 17.8 Å². The van der Waals surface area contributed by atoms with Gasteiger partial charge < -0.3 is 43.6 Å². The summed E-state index contributed by atoms with van der Waals surface area (Å²) >= 11 is 6.13. The molecule has 0 fully saturated rings. The van der Waals surface area contributed by atoms with Gasteiger partial charge in [-0.25, -0.2) is 15.9 Å². The zero-order valence-electron chi connectivity index (χ0n) is 37.7. The third kappa shape index (κ3) is 47.9. The van der Waals surface area contributed by atoms with Crippen LogP contribution < -0.4 is 0 Å². The van der Waals surface area contributed by atoms with Gasteiger partial charge in [0.15, 0.2) is 0 Å². The molecule has 0 aromatic rings. The molecule has 0 aliphatic rings. The Bertz CT molecular complexity index is 848. The highest BCUT2D eigenvalue weighted by Gasteiger charge is 2.27. The number of aliphatic hydroxyl groups excluding tert-OH is 4. The van der Waals surface area contributed by atoms with E-state index >= 15 is 0 Å². The largest absolute Gasteiger partial charge is 0.469 e. The summed E-state index contributed by atoms with van der Waals surface area (Å²) in [5.74, 6) is -0.395. The number of halogens is 1. The lowest BCUT2D eigenvalue weighted by Gasteiger charge is -2.35. The summed E-state index contributed by atoms with van der Waals surface area (Å²) in [5.41, 5.74) is 0. The lowest BCUT2D eigenvalue weighted by molar-refractivity contribution is -0.146. The Morgan fingerprint density at radius 2 is 1.33 bits per heavy atom. The Morgan fingerprint density at radius 3 is 1.61 bits per heavy atom. The third-order valence-electron chi connectivity index (χ3n) is 4.96. The summed E-state index contributed by atoms with van der Waals surface area (Å²) in [4.78, 5) is 13.7. The van der Waals surface area contributed by atoms with Crippen LogP contribution in [0.5, 0.6) is 0 Å². The quantitative estimate of drug-likeness (QED) is 0.0471. The van der Waals surface area contributed by atoms with Crippen molar-refractivity contribution in [3.05, 3.63) is 11.4 Å². The molecule has 0 amide bonds. The Kier molecular flexibility index (Phi) is 56.5. The molecule has 0 rings (SSSR count). The van der Waals surface area contributed by atoms with Crippen LogP contribution in [0.1, 0.15) is 99.1 Å². The Labute approximate surface area is 339 Å². The summed E-state index contributed by atoms with van der Waals surface area (Å²) in [6.07, 6.45) is 0.398. The SMILES string of the molecule is CC(C)N(C(C)C)P(Cl)OCCC#N.COC(=O)[C@@H](C)CO.S.S.[2H]C[C@H](C)CO.[2H]C[C@H](C)COP(OCC[N+]#[C-])N(C(C)C)C(C)C.[3H]OC.[3H]OC. The van der Waals surface area contributed by atoms with E-state index < -0.39 is 16.2 Å². The van der Waals surface area contributed by atoms with E-state index in [0.717, 1.165) is 0 Å². The van der Waals surface area contributed by atoms with Crippen LogP contribution in [0.3, 0.4) is 0 Å². The fraction of sp³-hybridized carbons (Fsp3) is 0.909. The molecular weight excluding hydrogens is 758 g/mol. The zero-order valence-corrected chi connectivity index (χ0v) is 38.3. The molecule has 0 bridgehead atoms. The molecule has 0 aliphatic carbocycles. The van der Waals surface area contributed by atoms with E-state index in [1.807, 2.05) is 19.9 Å². The number of aliphatic hydroxyl groups is 4. The van der Waals surface area contributed by atoms with Gasteiger partial charge in [-0.1, -0.05) is 27.6 Å². The first-order valence-electron chi connectivity index (χ1n) is 18.3. The standard InChI is InChI=1S/C13H27N2O2P.C9H18ClN2OP.C5H10O3.C4H10O.2CH4O.2H2S/c1-11(2)10-17-18(16-9-8-14-7)15(12(3)4)13(5)6;1-8(2)12(9(3)4)14(10)13-7-5-6-11;1-4(3-6)5(7)8-2;1-4(2)3-5;2*1-2;;/h11-13H,8-10H2,1-6H3;8-9H,5,7H2,1-4H3;4,6H,3H2,1-2H3;4-5H,3H2,1-2H3;2*2H,1H3;2*1H2/t;;4-;;;;;/m..0...../s1/i1D;;;1D;2*2T;;/t11-,18?;;;4-;;;;/m1..1..../s1. The molecule has 0 spiro atoms. The smallest absolute Gasteiger partial charge is 0.310 e. The second-order valence-corrected chi connectivity index (χ2v) is 14.8. The number of nitriles is 1. The van der Waals surface area contributed by atoms with Gasteiger partial charge >= 0.3 is 5.97 Å². The van der Waals surface area contributed by atoms with Gasteiger partial charge in [-0.05, 0) is 85.4 Å². The number of carbonyl (C=O) groups excluding carboxylic acids is 1. The first kappa shape index (κ1) is 57.7. The third-order valence-corrected chi connectivity index (χ3v) is 9.53. The van der Waals surface area contributed by atoms with E-state index in [1.54, 1.807) is 6.92 Å². The number of esters is 1. The van der Waals surface area contributed by atoms with Crippen LogP contribution in [-0.4, -0.2) is 124 Å². The number of hydrogen-bond donors (Lipinski definition) is 4. The molecule has 5 atom stereocenters. The van der Waals surface area contributed by atoms with Crippen LogP contribution in [0.15, 0.2) is 0 Å². The van der Waals surface area contributed by atoms with E-state index in [1.165, 1.54) is 21.3 Å². The van der Waals surface area contributed by atoms with E-state index in [-0.39, 0.29) is 63.9 Å². The second kappa shape index (κ2) is 49.9. The van der Waals surface area contributed by atoms with Crippen molar-refractivity contribution >= 4 is 60.4 Å². The molecule has 312 valence electrons. The number of ether oxygens (including phenoxy) is 1. The monoisotopic (exact) mass is 840 g/mol. The fourth-order valence-corrected chi connectivity index (χ4v) is 7.04. The van der Waals surface area contributed by atoms with Crippen LogP contribution in [0.4, 0.5) is 0 Å². The van der Waals surface area contributed by atoms with E-state index in [9.17, 15) is 4.79 Å². The number of nitrogens with zero attached hydrogens (tertiary/aromatic N) is 4. The maximum Gasteiger partial charge on any atom is 0.310 e. The maximum absolute atomic E-state index is 10.4. The van der Waals surface area contributed by atoms with Gasteiger partial charge in [0.1, 0.15) is 6.61 Å². The molecule has 0 saturated heterocycles. The normalized spacial score (nSPS) is 13.8. The average molecular weight is 842 g/mol. The van der Waals surface area contributed by atoms with Gasteiger partial charge in [-0.2, -0.15) is 32.3 Å². The van der Waals surface area contributed by atoms with Crippen LogP contribution >= 0.6 is 54.4 Å². The molecule has 2 unspecified atom stereocenters. The highest BCUT2D eigenvalue weighted by Crippen LogP contribution is 2.49. The van der Waals surface area contributed by atoms with Crippen LogP contribution in [0, 0.1) is 35.7 Å².